The Labute approximate surface area is 339 Å². The van der Waals surface area contributed by atoms with Crippen LogP contribution in [-0.4, -0.2) is 0 Å². The van der Waals surface area contributed by atoms with E-state index in [0.717, 1.165) is 17.8 Å². The molecule has 57 heavy (non-hydrogen) atoms. The van der Waals surface area contributed by atoms with Crippen molar-refractivity contribution in [1.82, 2.24) is 0 Å². The zero-order valence-electron chi connectivity index (χ0n) is 33.6. The Morgan fingerprint density at radius 2 is 1.21 bits per heavy atom. The quantitative estimate of drug-likeness (QED) is 0.157. The number of hydrogen-bond donors (Lipinski definition) is 0. The molecule has 3 fully saturated rings. The molecule has 0 spiro atoms. The molecule has 2 bridgehead atoms. The number of anilines is 3. The lowest BCUT2D eigenvalue weighted by atomic mass is 9.82. The van der Waals surface area contributed by atoms with Gasteiger partial charge in [-0.1, -0.05) is 155 Å². The summed E-state index contributed by atoms with van der Waals surface area (Å²) >= 11 is 0. The fourth-order valence-corrected chi connectivity index (χ4v) is 11.7. The van der Waals surface area contributed by atoms with Crippen LogP contribution in [0, 0.1) is 11.8 Å². The normalized spacial score (nSPS) is 20.8. The summed E-state index contributed by atoms with van der Waals surface area (Å²) in [4.78, 5) is 2.55. The van der Waals surface area contributed by atoms with Crippen LogP contribution in [0.5, 0.6) is 0 Å². The molecule has 3 atom stereocenters. The summed E-state index contributed by atoms with van der Waals surface area (Å²) in [6, 6.07) is 58.2. The van der Waals surface area contributed by atoms with Gasteiger partial charge in [0.1, 0.15) is 0 Å². The summed E-state index contributed by atoms with van der Waals surface area (Å²) < 4.78 is 0. The number of hydrogen-bond acceptors (Lipinski definition) is 1. The summed E-state index contributed by atoms with van der Waals surface area (Å²) in [6.07, 6.45) is 12.4. The van der Waals surface area contributed by atoms with Crippen molar-refractivity contribution < 1.29 is 0 Å². The van der Waals surface area contributed by atoms with Crippen LogP contribution < -0.4 is 4.90 Å². The molecule has 0 radical (unpaired) electrons. The molecule has 0 amide bonds. The molecule has 3 unspecified atom stereocenters. The van der Waals surface area contributed by atoms with E-state index >= 15 is 0 Å². The molecule has 0 aliphatic heterocycles. The summed E-state index contributed by atoms with van der Waals surface area (Å²) in [5, 5.41) is 2.66. The molecule has 0 N–H and O–H groups in total. The number of nitrogens with zero attached hydrogens (tertiary/aromatic N) is 1. The van der Waals surface area contributed by atoms with Crippen LogP contribution in [0.2, 0.25) is 0 Å². The first kappa shape index (κ1) is 34.8. The predicted molar refractivity (Wildman–Crippen MR) is 241 cm³/mol. The average molecular weight is 740 g/mol. The van der Waals surface area contributed by atoms with Gasteiger partial charge in [-0.25, -0.2) is 0 Å². The second-order valence-corrected chi connectivity index (χ2v) is 18.4. The highest BCUT2D eigenvalue weighted by atomic mass is 15.1. The van der Waals surface area contributed by atoms with Crippen molar-refractivity contribution in [2.24, 2.45) is 11.8 Å². The van der Waals surface area contributed by atoms with Gasteiger partial charge in [-0.15, -0.1) is 0 Å². The Kier molecular flexibility index (Phi) is 8.50. The Bertz CT molecular complexity index is 2590. The molecule has 0 saturated heterocycles. The Morgan fingerprint density at radius 3 is 1.96 bits per heavy atom. The van der Waals surface area contributed by atoms with Crippen molar-refractivity contribution in [3.05, 3.63) is 174 Å². The molecule has 4 aliphatic rings. The highest BCUT2D eigenvalue weighted by Gasteiger charge is 2.40. The van der Waals surface area contributed by atoms with Gasteiger partial charge in [0.15, 0.2) is 0 Å². The maximum atomic E-state index is 2.55. The van der Waals surface area contributed by atoms with Crippen molar-refractivity contribution in [3.8, 4) is 33.4 Å². The van der Waals surface area contributed by atoms with E-state index in [9.17, 15) is 0 Å². The molecule has 282 valence electrons. The third kappa shape index (κ3) is 6.05. The maximum absolute atomic E-state index is 2.55. The third-order valence-corrected chi connectivity index (χ3v) is 14.8. The highest BCUT2D eigenvalue weighted by Crippen LogP contribution is 2.54. The van der Waals surface area contributed by atoms with Crippen LogP contribution in [0.15, 0.2) is 152 Å². The lowest BCUT2D eigenvalue weighted by molar-refractivity contribution is 0.420. The van der Waals surface area contributed by atoms with Gasteiger partial charge in [-0.3, -0.25) is 0 Å². The van der Waals surface area contributed by atoms with E-state index in [1.807, 2.05) is 0 Å². The van der Waals surface area contributed by atoms with Crippen molar-refractivity contribution in [3.63, 3.8) is 0 Å². The van der Waals surface area contributed by atoms with Crippen molar-refractivity contribution in [1.29, 1.82) is 0 Å². The van der Waals surface area contributed by atoms with Gasteiger partial charge in [0.25, 0.3) is 0 Å². The van der Waals surface area contributed by atoms with Gasteiger partial charge in [0, 0.05) is 22.2 Å². The molecule has 7 aromatic carbocycles. The van der Waals surface area contributed by atoms with E-state index in [0.29, 0.717) is 5.92 Å². The monoisotopic (exact) mass is 739 g/mol. The van der Waals surface area contributed by atoms with Gasteiger partial charge in [0.05, 0.1) is 5.69 Å². The van der Waals surface area contributed by atoms with Crippen molar-refractivity contribution in [2.45, 2.75) is 88.9 Å². The Morgan fingerprint density at radius 1 is 0.491 bits per heavy atom. The summed E-state index contributed by atoms with van der Waals surface area (Å²) in [5.41, 5.74) is 17.2. The number of fused-ring (bicyclic) bond motifs is 6. The SMILES string of the molecule is CC1(C)c2ccc(-c3ccc(-c4ccccc4)cc3)cc2-c2ccc(N(c3ccc(C4CC5CCC4C5)cc3)c3cccc4cc(C5CCCCC5)ccc34)cc21. The minimum Gasteiger partial charge on any atom is -0.310 e. The molecule has 1 nitrogen and oxygen atoms in total. The van der Waals surface area contributed by atoms with Crippen LogP contribution in [-0.2, 0) is 5.41 Å². The number of rotatable bonds is 7. The van der Waals surface area contributed by atoms with Gasteiger partial charge in [0.2, 0.25) is 0 Å². The molecular formula is C56H53N. The summed E-state index contributed by atoms with van der Waals surface area (Å²) in [7, 11) is 0. The molecule has 0 aromatic heterocycles. The molecule has 4 aliphatic carbocycles. The van der Waals surface area contributed by atoms with Crippen LogP contribution in [0.3, 0.4) is 0 Å². The van der Waals surface area contributed by atoms with Crippen LogP contribution >= 0.6 is 0 Å². The molecule has 1 heteroatoms. The third-order valence-electron chi connectivity index (χ3n) is 14.8. The molecule has 11 rings (SSSR count). The van der Waals surface area contributed by atoms with Gasteiger partial charge in [-0.05, 0) is 153 Å². The second-order valence-electron chi connectivity index (χ2n) is 18.4. The van der Waals surface area contributed by atoms with Gasteiger partial charge in [-0.2, -0.15) is 0 Å². The van der Waals surface area contributed by atoms with E-state index in [1.165, 1.54) is 141 Å². The molecule has 0 heterocycles. The van der Waals surface area contributed by atoms with E-state index < -0.39 is 0 Å². The van der Waals surface area contributed by atoms with E-state index in [-0.39, 0.29) is 5.41 Å². The highest BCUT2D eigenvalue weighted by molar-refractivity contribution is 6.00. The van der Waals surface area contributed by atoms with E-state index in [1.54, 1.807) is 0 Å². The first-order chi connectivity index (χ1) is 28.0. The summed E-state index contributed by atoms with van der Waals surface area (Å²) in [6.45, 7) is 4.82. The largest absolute Gasteiger partial charge is 0.310 e. The minimum atomic E-state index is -0.124. The fourth-order valence-electron chi connectivity index (χ4n) is 11.7. The smallest absolute Gasteiger partial charge is 0.0540 e. The van der Waals surface area contributed by atoms with Crippen molar-refractivity contribution in [2.75, 3.05) is 4.90 Å². The predicted octanol–water partition coefficient (Wildman–Crippen LogP) is 15.9. The van der Waals surface area contributed by atoms with Crippen LogP contribution in [0.25, 0.3) is 44.2 Å². The fraction of sp³-hybridized carbons (Fsp3) is 0.286. The molecular weight excluding hydrogens is 687 g/mol. The van der Waals surface area contributed by atoms with E-state index in [4.69, 9.17) is 0 Å². The number of benzene rings is 7. The minimum absolute atomic E-state index is 0.124. The van der Waals surface area contributed by atoms with Crippen molar-refractivity contribution >= 4 is 27.8 Å². The second kappa shape index (κ2) is 13.9. The molecule has 7 aromatic rings. The first-order valence-corrected chi connectivity index (χ1v) is 21.9. The van der Waals surface area contributed by atoms with Gasteiger partial charge < -0.3 is 4.90 Å². The maximum Gasteiger partial charge on any atom is 0.0540 e. The molecule has 3 saturated carbocycles. The lowest BCUT2D eigenvalue weighted by Crippen LogP contribution is -2.17. The Balaban J connectivity index is 0.990. The topological polar surface area (TPSA) is 3.24 Å². The average Bonchev–Trinajstić information content (AvgIpc) is 3.97. The van der Waals surface area contributed by atoms with E-state index in [2.05, 4.69) is 170 Å². The zero-order valence-corrected chi connectivity index (χ0v) is 33.6. The van der Waals surface area contributed by atoms with Crippen LogP contribution in [0.4, 0.5) is 17.1 Å². The first-order valence-electron chi connectivity index (χ1n) is 21.9. The standard InChI is InChI=1S/C56H53N/c1-56(2)53-31-25-44(41-20-18-40(19-21-41)38-10-5-3-6-11-38)35-52(53)50-30-28-48(36-54(50)56)57(47-26-22-42(23-27-47)51-33-37-16-17-46(51)32-37)55-15-9-14-45-34-43(24-29-49(45)55)39-12-7-4-8-13-39/h3,5-6,9-11,14-15,18-31,34-37,39,46,51H,4,7-8,12-13,16-17,32-33H2,1-2H3. The van der Waals surface area contributed by atoms with Gasteiger partial charge >= 0.3 is 0 Å². The zero-order chi connectivity index (χ0) is 38.1. The summed E-state index contributed by atoms with van der Waals surface area (Å²) in [5.74, 6) is 3.24. The Hall–Kier alpha value is -5.40. The van der Waals surface area contributed by atoms with Crippen LogP contribution in [0.1, 0.15) is 106 Å². The lowest BCUT2D eigenvalue weighted by Gasteiger charge is -2.30.